The van der Waals surface area contributed by atoms with Crippen LogP contribution < -0.4 is 5.73 Å². The molecule has 1 aliphatic heterocycles. The predicted molar refractivity (Wildman–Crippen MR) is 91.5 cm³/mol. The van der Waals surface area contributed by atoms with Crippen molar-refractivity contribution in [2.45, 2.75) is 71.9 Å². The minimum absolute atomic E-state index is 0.261. The molecule has 2 fully saturated rings. The van der Waals surface area contributed by atoms with Gasteiger partial charge in [0.1, 0.15) is 0 Å². The van der Waals surface area contributed by atoms with Crippen molar-refractivity contribution in [1.82, 2.24) is 9.80 Å². The maximum atomic E-state index is 6.31. The lowest BCUT2D eigenvalue weighted by Crippen LogP contribution is -2.65. The summed E-state index contributed by atoms with van der Waals surface area (Å²) in [6, 6.07) is 0.726. The Morgan fingerprint density at radius 1 is 1.14 bits per heavy atom. The molecule has 3 unspecified atom stereocenters. The second-order valence-corrected chi connectivity index (χ2v) is 8.36. The summed E-state index contributed by atoms with van der Waals surface area (Å²) >= 11 is 0. The summed E-state index contributed by atoms with van der Waals surface area (Å²) in [4.78, 5) is 5.39. The molecule has 0 bridgehead atoms. The van der Waals surface area contributed by atoms with Crippen molar-refractivity contribution in [1.29, 1.82) is 0 Å². The standard InChI is InChI=1S/C18H37N3/c1-6-16(3)20-9-11-21(12-10-20)18(14-19)8-7-17(4,5)13-15(18)2/h15-16H,6-14,19H2,1-5H3. The Morgan fingerprint density at radius 3 is 2.24 bits per heavy atom. The minimum Gasteiger partial charge on any atom is -0.329 e. The van der Waals surface area contributed by atoms with Gasteiger partial charge in [-0.3, -0.25) is 9.80 Å². The topological polar surface area (TPSA) is 32.5 Å². The SMILES string of the molecule is CCC(C)N1CCN(C2(CN)CCC(C)(C)CC2C)CC1. The highest BCUT2D eigenvalue weighted by atomic mass is 15.3. The van der Waals surface area contributed by atoms with Crippen molar-refractivity contribution >= 4 is 0 Å². The first-order valence-electron chi connectivity index (χ1n) is 9.04. The smallest absolute Gasteiger partial charge is 0.0358 e. The van der Waals surface area contributed by atoms with E-state index in [1.54, 1.807) is 0 Å². The molecule has 1 aliphatic carbocycles. The summed E-state index contributed by atoms with van der Waals surface area (Å²) in [6.45, 7) is 17.6. The molecule has 2 rings (SSSR count). The van der Waals surface area contributed by atoms with E-state index < -0.39 is 0 Å². The van der Waals surface area contributed by atoms with Gasteiger partial charge in [-0.05, 0) is 43.9 Å². The molecular weight excluding hydrogens is 258 g/mol. The van der Waals surface area contributed by atoms with Crippen molar-refractivity contribution in [3.8, 4) is 0 Å². The molecule has 1 saturated carbocycles. The fourth-order valence-corrected chi connectivity index (χ4v) is 4.69. The van der Waals surface area contributed by atoms with Gasteiger partial charge in [0.15, 0.2) is 0 Å². The van der Waals surface area contributed by atoms with E-state index in [2.05, 4.69) is 44.4 Å². The zero-order valence-electron chi connectivity index (χ0n) is 15.0. The summed E-state index contributed by atoms with van der Waals surface area (Å²) in [5.74, 6) is 0.710. The highest BCUT2D eigenvalue weighted by Gasteiger charge is 2.47. The molecule has 1 saturated heterocycles. The molecular formula is C18H37N3. The van der Waals surface area contributed by atoms with Gasteiger partial charge in [0.25, 0.3) is 0 Å². The van der Waals surface area contributed by atoms with Crippen molar-refractivity contribution in [2.75, 3.05) is 32.7 Å². The van der Waals surface area contributed by atoms with Crippen LogP contribution in [0.2, 0.25) is 0 Å². The molecule has 1 heterocycles. The normalized spacial score (nSPS) is 36.6. The first-order chi connectivity index (χ1) is 9.84. The number of hydrogen-bond donors (Lipinski definition) is 1. The number of piperazine rings is 1. The Balaban J connectivity index is 2.03. The van der Waals surface area contributed by atoms with Crippen LogP contribution in [0, 0.1) is 11.3 Å². The largest absolute Gasteiger partial charge is 0.329 e. The number of rotatable bonds is 4. The van der Waals surface area contributed by atoms with E-state index >= 15 is 0 Å². The summed E-state index contributed by atoms with van der Waals surface area (Å²) in [7, 11) is 0. The van der Waals surface area contributed by atoms with Crippen LogP contribution in [0.4, 0.5) is 0 Å². The molecule has 0 radical (unpaired) electrons. The fourth-order valence-electron chi connectivity index (χ4n) is 4.69. The van der Waals surface area contributed by atoms with Gasteiger partial charge in [-0.15, -0.1) is 0 Å². The van der Waals surface area contributed by atoms with Crippen molar-refractivity contribution in [3.05, 3.63) is 0 Å². The van der Waals surface area contributed by atoms with Crippen LogP contribution in [-0.4, -0.2) is 54.1 Å². The summed E-state index contributed by atoms with van der Waals surface area (Å²) in [5.41, 5.74) is 7.07. The van der Waals surface area contributed by atoms with Gasteiger partial charge in [-0.25, -0.2) is 0 Å². The third kappa shape index (κ3) is 3.46. The monoisotopic (exact) mass is 295 g/mol. The zero-order valence-corrected chi connectivity index (χ0v) is 15.0. The lowest BCUT2D eigenvalue weighted by atomic mass is 9.63. The second kappa shape index (κ2) is 6.55. The van der Waals surface area contributed by atoms with E-state index in [0.717, 1.165) is 12.6 Å². The van der Waals surface area contributed by atoms with Crippen LogP contribution in [0.5, 0.6) is 0 Å². The van der Waals surface area contributed by atoms with Gasteiger partial charge in [0.2, 0.25) is 0 Å². The number of nitrogens with zero attached hydrogens (tertiary/aromatic N) is 2. The third-order valence-corrected chi connectivity index (χ3v) is 6.52. The fraction of sp³-hybridized carbons (Fsp3) is 1.00. The highest BCUT2D eigenvalue weighted by Crippen LogP contribution is 2.46. The Kier molecular flexibility index (Phi) is 5.38. The van der Waals surface area contributed by atoms with Gasteiger partial charge in [0.05, 0.1) is 0 Å². The maximum Gasteiger partial charge on any atom is 0.0358 e. The first-order valence-corrected chi connectivity index (χ1v) is 9.04. The van der Waals surface area contributed by atoms with Crippen LogP contribution >= 0.6 is 0 Å². The van der Waals surface area contributed by atoms with Crippen LogP contribution in [0.25, 0.3) is 0 Å². The molecule has 0 amide bonds. The quantitative estimate of drug-likeness (QED) is 0.865. The Labute approximate surface area is 132 Å². The van der Waals surface area contributed by atoms with Crippen LogP contribution in [0.1, 0.15) is 60.3 Å². The molecule has 0 spiro atoms. The molecule has 3 atom stereocenters. The summed E-state index contributed by atoms with van der Waals surface area (Å²) in [6.07, 6.45) is 5.17. The summed E-state index contributed by atoms with van der Waals surface area (Å²) < 4.78 is 0. The molecule has 2 aliphatic rings. The Morgan fingerprint density at radius 2 is 1.76 bits per heavy atom. The Hall–Kier alpha value is -0.120. The third-order valence-electron chi connectivity index (χ3n) is 6.52. The van der Waals surface area contributed by atoms with Crippen molar-refractivity contribution in [3.63, 3.8) is 0 Å². The number of nitrogens with two attached hydrogens (primary N) is 1. The van der Waals surface area contributed by atoms with E-state index in [0.29, 0.717) is 11.3 Å². The highest BCUT2D eigenvalue weighted by molar-refractivity contribution is 5.03. The van der Waals surface area contributed by atoms with Crippen molar-refractivity contribution in [2.24, 2.45) is 17.1 Å². The second-order valence-electron chi connectivity index (χ2n) is 8.36. The lowest BCUT2D eigenvalue weighted by molar-refractivity contribution is -0.0497. The molecule has 0 aromatic rings. The van der Waals surface area contributed by atoms with Gasteiger partial charge >= 0.3 is 0 Å². The van der Waals surface area contributed by atoms with E-state index in [4.69, 9.17) is 5.73 Å². The lowest BCUT2D eigenvalue weighted by Gasteiger charge is -2.56. The molecule has 0 aromatic carbocycles. The summed E-state index contributed by atoms with van der Waals surface area (Å²) in [5, 5.41) is 0. The van der Waals surface area contributed by atoms with Gasteiger partial charge in [-0.1, -0.05) is 27.7 Å². The van der Waals surface area contributed by atoms with Gasteiger partial charge in [0, 0.05) is 44.3 Å². The van der Waals surface area contributed by atoms with Crippen LogP contribution in [0.15, 0.2) is 0 Å². The van der Waals surface area contributed by atoms with Crippen molar-refractivity contribution < 1.29 is 0 Å². The van der Waals surface area contributed by atoms with Gasteiger partial charge < -0.3 is 5.73 Å². The molecule has 3 nitrogen and oxygen atoms in total. The molecule has 3 heteroatoms. The zero-order chi connectivity index (χ0) is 15.7. The van der Waals surface area contributed by atoms with Gasteiger partial charge in [-0.2, -0.15) is 0 Å². The minimum atomic E-state index is 0.261. The van der Waals surface area contributed by atoms with E-state index in [9.17, 15) is 0 Å². The maximum absolute atomic E-state index is 6.31. The molecule has 2 N–H and O–H groups in total. The first kappa shape index (κ1) is 17.2. The van der Waals surface area contributed by atoms with E-state index in [1.807, 2.05) is 0 Å². The average molecular weight is 296 g/mol. The average Bonchev–Trinajstić information content (AvgIpc) is 2.47. The predicted octanol–water partition coefficient (Wildman–Crippen LogP) is 2.95. The van der Waals surface area contributed by atoms with Crippen LogP contribution in [-0.2, 0) is 0 Å². The molecule has 21 heavy (non-hydrogen) atoms. The van der Waals surface area contributed by atoms with E-state index in [-0.39, 0.29) is 5.54 Å². The Bertz CT molecular complexity index is 333. The molecule has 0 aromatic heterocycles. The van der Waals surface area contributed by atoms with E-state index in [1.165, 1.54) is 51.9 Å². The number of hydrogen-bond acceptors (Lipinski definition) is 3. The molecule has 124 valence electrons. The van der Waals surface area contributed by atoms with Crippen LogP contribution in [0.3, 0.4) is 0 Å².